The predicted octanol–water partition coefficient (Wildman–Crippen LogP) is 3.00. The Morgan fingerprint density at radius 2 is 2.26 bits per heavy atom. The van der Waals surface area contributed by atoms with Gasteiger partial charge in [0.25, 0.3) is 0 Å². The van der Waals surface area contributed by atoms with Gasteiger partial charge < -0.3 is 9.73 Å². The summed E-state index contributed by atoms with van der Waals surface area (Å²) in [7, 11) is 1.97. The molecule has 1 fully saturated rings. The van der Waals surface area contributed by atoms with E-state index in [1.54, 1.807) is 6.26 Å². The van der Waals surface area contributed by atoms with Gasteiger partial charge in [-0.2, -0.15) is 4.98 Å². The molecule has 19 heavy (non-hydrogen) atoms. The van der Waals surface area contributed by atoms with Crippen LogP contribution in [-0.4, -0.2) is 18.1 Å². The van der Waals surface area contributed by atoms with Gasteiger partial charge in [0.05, 0.1) is 5.69 Å². The Labute approximate surface area is 113 Å². The van der Waals surface area contributed by atoms with Gasteiger partial charge in [-0.05, 0) is 37.5 Å². The van der Waals surface area contributed by atoms with E-state index in [-0.39, 0.29) is 0 Å². The fraction of sp³-hybridized carbons (Fsp3) is 0.400. The van der Waals surface area contributed by atoms with Crippen LogP contribution in [0.1, 0.15) is 24.1 Å². The average molecular weight is 257 g/mol. The maximum absolute atomic E-state index is 5.55. The minimum absolute atomic E-state index is 0.637. The van der Waals surface area contributed by atoms with Crippen molar-refractivity contribution < 1.29 is 4.42 Å². The van der Waals surface area contributed by atoms with Crippen molar-refractivity contribution in [3.8, 4) is 0 Å². The molecular formula is C15H19N3O. The lowest BCUT2D eigenvalue weighted by Crippen LogP contribution is -2.16. The molecule has 1 saturated carbocycles. The molecule has 1 aromatic heterocycles. The first-order valence-electron chi connectivity index (χ1n) is 6.70. The molecule has 3 rings (SSSR count). The van der Waals surface area contributed by atoms with Crippen molar-refractivity contribution in [1.29, 1.82) is 0 Å². The van der Waals surface area contributed by atoms with E-state index in [4.69, 9.17) is 4.42 Å². The number of nitrogens with one attached hydrogen (secondary N) is 1. The van der Waals surface area contributed by atoms with Crippen LogP contribution in [0.2, 0.25) is 0 Å². The Morgan fingerprint density at radius 1 is 1.42 bits per heavy atom. The van der Waals surface area contributed by atoms with Crippen molar-refractivity contribution in [2.75, 3.05) is 11.9 Å². The number of aryl methyl sites for hydroxylation is 1. The molecule has 0 bridgehead atoms. The molecule has 2 aromatic rings. The second-order valence-electron chi connectivity index (χ2n) is 5.17. The molecule has 0 amide bonds. The fourth-order valence-corrected chi connectivity index (χ4v) is 2.01. The average Bonchev–Trinajstić information content (AvgIpc) is 3.13. The summed E-state index contributed by atoms with van der Waals surface area (Å²) in [5.74, 6) is 0. The third kappa shape index (κ3) is 2.96. The lowest BCUT2D eigenvalue weighted by atomic mass is 10.2. The number of hydrogen-bond donors (Lipinski definition) is 1. The van der Waals surface area contributed by atoms with Crippen LogP contribution < -0.4 is 10.2 Å². The van der Waals surface area contributed by atoms with E-state index in [2.05, 4.69) is 35.4 Å². The zero-order valence-corrected chi connectivity index (χ0v) is 11.4. The summed E-state index contributed by atoms with van der Waals surface area (Å²) in [6.07, 6.45) is 4.30. The summed E-state index contributed by atoms with van der Waals surface area (Å²) < 4.78 is 5.55. The van der Waals surface area contributed by atoms with Crippen LogP contribution >= 0.6 is 0 Å². The Morgan fingerprint density at radius 3 is 3.00 bits per heavy atom. The van der Waals surface area contributed by atoms with Crippen molar-refractivity contribution in [2.24, 2.45) is 0 Å². The van der Waals surface area contributed by atoms with Gasteiger partial charge in [-0.25, -0.2) is 0 Å². The summed E-state index contributed by atoms with van der Waals surface area (Å²) in [6, 6.07) is 9.62. The van der Waals surface area contributed by atoms with E-state index >= 15 is 0 Å². The van der Waals surface area contributed by atoms with Gasteiger partial charge in [0.1, 0.15) is 6.26 Å². The highest BCUT2D eigenvalue weighted by atomic mass is 16.4. The summed E-state index contributed by atoms with van der Waals surface area (Å²) in [6.45, 7) is 2.87. The molecule has 0 unspecified atom stereocenters. The zero-order chi connectivity index (χ0) is 13.2. The number of hydrogen-bond acceptors (Lipinski definition) is 4. The van der Waals surface area contributed by atoms with E-state index in [0.717, 1.165) is 17.9 Å². The van der Waals surface area contributed by atoms with Gasteiger partial charge >= 0.3 is 6.01 Å². The van der Waals surface area contributed by atoms with E-state index in [1.807, 2.05) is 18.0 Å². The molecule has 1 aliphatic carbocycles. The molecule has 0 aliphatic heterocycles. The molecule has 100 valence electrons. The first kappa shape index (κ1) is 12.2. The van der Waals surface area contributed by atoms with Gasteiger partial charge in [-0.15, -0.1) is 0 Å². The van der Waals surface area contributed by atoms with E-state index < -0.39 is 0 Å². The number of aromatic nitrogens is 1. The van der Waals surface area contributed by atoms with E-state index in [0.29, 0.717) is 12.1 Å². The maximum atomic E-state index is 5.55. The van der Waals surface area contributed by atoms with Crippen LogP contribution in [0.15, 0.2) is 34.9 Å². The van der Waals surface area contributed by atoms with Gasteiger partial charge in [-0.1, -0.05) is 12.1 Å². The second-order valence-corrected chi connectivity index (χ2v) is 5.17. The highest BCUT2D eigenvalue weighted by Crippen LogP contribution is 2.24. The smallest absolute Gasteiger partial charge is 0.301 e. The maximum Gasteiger partial charge on any atom is 0.301 e. The van der Waals surface area contributed by atoms with Crippen LogP contribution in [0.25, 0.3) is 0 Å². The van der Waals surface area contributed by atoms with Gasteiger partial charge in [-0.3, -0.25) is 4.90 Å². The van der Waals surface area contributed by atoms with Gasteiger partial charge in [0.15, 0.2) is 0 Å². The van der Waals surface area contributed by atoms with Crippen LogP contribution in [0.4, 0.5) is 11.7 Å². The fourth-order valence-electron chi connectivity index (χ4n) is 2.01. The summed E-state index contributed by atoms with van der Waals surface area (Å²) in [5, 5.41) is 3.43. The largest absolute Gasteiger partial charge is 0.431 e. The van der Waals surface area contributed by atoms with Crippen LogP contribution in [0.5, 0.6) is 0 Å². The van der Waals surface area contributed by atoms with E-state index in [9.17, 15) is 0 Å². The summed E-state index contributed by atoms with van der Waals surface area (Å²) in [5.41, 5.74) is 3.27. The number of oxazole rings is 1. The number of nitrogens with zero attached hydrogens (tertiary/aromatic N) is 2. The second kappa shape index (κ2) is 5.05. The highest BCUT2D eigenvalue weighted by Gasteiger charge is 2.21. The van der Waals surface area contributed by atoms with Crippen molar-refractivity contribution in [2.45, 2.75) is 32.4 Å². The molecule has 4 nitrogen and oxygen atoms in total. The molecule has 0 radical (unpaired) electrons. The zero-order valence-electron chi connectivity index (χ0n) is 11.4. The topological polar surface area (TPSA) is 41.3 Å². The molecule has 4 heteroatoms. The molecule has 1 aliphatic rings. The molecule has 0 saturated heterocycles. The Balaban J connectivity index is 1.70. The van der Waals surface area contributed by atoms with Crippen LogP contribution in [0.3, 0.4) is 0 Å². The Bertz CT molecular complexity index is 560. The SMILES string of the molecule is Cc1cccc(N(C)c2nc(CNC3CC3)co2)c1. The number of anilines is 2. The number of rotatable bonds is 5. The highest BCUT2D eigenvalue weighted by molar-refractivity contribution is 5.56. The summed E-state index contributed by atoms with van der Waals surface area (Å²) in [4.78, 5) is 6.48. The summed E-state index contributed by atoms with van der Waals surface area (Å²) >= 11 is 0. The quantitative estimate of drug-likeness (QED) is 0.894. The third-order valence-electron chi connectivity index (χ3n) is 3.36. The van der Waals surface area contributed by atoms with Crippen LogP contribution in [0, 0.1) is 6.92 Å². The normalized spacial score (nSPS) is 14.6. The van der Waals surface area contributed by atoms with Crippen molar-refractivity contribution >= 4 is 11.7 Å². The minimum atomic E-state index is 0.637. The van der Waals surface area contributed by atoms with Crippen LogP contribution in [-0.2, 0) is 6.54 Å². The Kier molecular flexibility index (Phi) is 3.25. The molecule has 0 atom stereocenters. The molecular weight excluding hydrogens is 238 g/mol. The first-order chi connectivity index (χ1) is 9.22. The number of benzene rings is 1. The standard InChI is InChI=1S/C15H19N3O/c1-11-4-3-5-14(8-11)18(2)15-17-13(10-19-15)9-16-12-6-7-12/h3-5,8,10,12,16H,6-7,9H2,1-2H3. The molecule has 0 spiro atoms. The van der Waals surface area contributed by atoms with Crippen molar-refractivity contribution in [3.05, 3.63) is 41.8 Å². The minimum Gasteiger partial charge on any atom is -0.431 e. The van der Waals surface area contributed by atoms with Crippen molar-refractivity contribution in [1.82, 2.24) is 10.3 Å². The van der Waals surface area contributed by atoms with Gasteiger partial charge in [0, 0.05) is 25.3 Å². The molecule has 1 aromatic carbocycles. The lowest BCUT2D eigenvalue weighted by Gasteiger charge is -2.14. The predicted molar refractivity (Wildman–Crippen MR) is 75.6 cm³/mol. The Hall–Kier alpha value is -1.81. The monoisotopic (exact) mass is 257 g/mol. The van der Waals surface area contributed by atoms with Crippen molar-refractivity contribution in [3.63, 3.8) is 0 Å². The molecule has 1 heterocycles. The molecule has 1 N–H and O–H groups in total. The first-order valence-corrected chi connectivity index (χ1v) is 6.70. The van der Waals surface area contributed by atoms with E-state index in [1.165, 1.54) is 18.4 Å². The third-order valence-corrected chi connectivity index (χ3v) is 3.36. The van der Waals surface area contributed by atoms with Gasteiger partial charge in [0.2, 0.25) is 0 Å². The lowest BCUT2D eigenvalue weighted by molar-refractivity contribution is 0.557.